The Labute approximate surface area is 147 Å². The van der Waals surface area contributed by atoms with Gasteiger partial charge in [0, 0.05) is 12.2 Å². The predicted octanol–water partition coefficient (Wildman–Crippen LogP) is 3.88. The summed E-state index contributed by atoms with van der Waals surface area (Å²) in [6.45, 7) is 3.97. The first-order valence-electron chi connectivity index (χ1n) is 7.84. The molecule has 0 aliphatic carbocycles. The minimum atomic E-state index is -0.758. The van der Waals surface area contributed by atoms with Crippen LogP contribution in [-0.4, -0.2) is 15.6 Å². The minimum absolute atomic E-state index is 0.222. The fourth-order valence-corrected chi connectivity index (χ4v) is 3.51. The van der Waals surface area contributed by atoms with Crippen LogP contribution in [0.25, 0.3) is 10.2 Å². The standard InChI is InChI=1S/C18H17FN2O3S/c1-3-7-21-13-6-8-25-16(13)15(22)14(18(21)24)17(23)20-11-5-4-10(2)12(19)9-11/h4-6,8-9,22H,3,7H2,1-2H3,(H,20,23). The third kappa shape index (κ3) is 3.02. The van der Waals surface area contributed by atoms with E-state index in [-0.39, 0.29) is 17.0 Å². The third-order valence-electron chi connectivity index (χ3n) is 3.95. The van der Waals surface area contributed by atoms with Crippen molar-refractivity contribution in [3.05, 3.63) is 56.9 Å². The quantitative estimate of drug-likeness (QED) is 0.742. The molecule has 0 aliphatic heterocycles. The van der Waals surface area contributed by atoms with Gasteiger partial charge in [-0.1, -0.05) is 13.0 Å². The second-order valence-corrected chi connectivity index (χ2v) is 6.65. The molecule has 0 radical (unpaired) electrons. The maximum atomic E-state index is 13.7. The maximum absolute atomic E-state index is 13.7. The zero-order valence-corrected chi connectivity index (χ0v) is 14.6. The molecule has 1 aromatic carbocycles. The molecule has 1 amide bonds. The van der Waals surface area contributed by atoms with E-state index in [0.29, 0.717) is 28.7 Å². The molecule has 2 heterocycles. The molecule has 0 fully saturated rings. The highest BCUT2D eigenvalue weighted by Crippen LogP contribution is 2.31. The largest absolute Gasteiger partial charge is 0.505 e. The van der Waals surface area contributed by atoms with Crippen molar-refractivity contribution in [2.75, 3.05) is 5.32 Å². The van der Waals surface area contributed by atoms with Gasteiger partial charge >= 0.3 is 0 Å². The van der Waals surface area contributed by atoms with Crippen LogP contribution in [0.2, 0.25) is 0 Å². The average molecular weight is 360 g/mol. The number of pyridine rings is 1. The Kier molecular flexibility index (Phi) is 4.59. The van der Waals surface area contributed by atoms with E-state index in [1.807, 2.05) is 6.92 Å². The topological polar surface area (TPSA) is 71.3 Å². The molecule has 7 heteroatoms. The summed E-state index contributed by atoms with van der Waals surface area (Å²) in [6.07, 6.45) is 0.708. The van der Waals surface area contributed by atoms with Crippen molar-refractivity contribution in [3.63, 3.8) is 0 Å². The molecule has 2 aromatic heterocycles. The molecule has 0 saturated heterocycles. The van der Waals surface area contributed by atoms with Crippen LogP contribution >= 0.6 is 11.3 Å². The molecular weight excluding hydrogens is 343 g/mol. The monoisotopic (exact) mass is 360 g/mol. The summed E-state index contributed by atoms with van der Waals surface area (Å²) in [4.78, 5) is 25.3. The molecule has 0 unspecified atom stereocenters. The van der Waals surface area contributed by atoms with Gasteiger partial charge in [0.1, 0.15) is 11.4 Å². The lowest BCUT2D eigenvalue weighted by atomic mass is 10.1. The first-order chi connectivity index (χ1) is 11.9. The van der Waals surface area contributed by atoms with E-state index in [1.165, 1.54) is 28.0 Å². The fraction of sp³-hybridized carbons (Fsp3) is 0.222. The van der Waals surface area contributed by atoms with E-state index in [2.05, 4.69) is 5.32 Å². The van der Waals surface area contributed by atoms with Gasteiger partial charge in [-0.25, -0.2) is 4.39 Å². The summed E-state index contributed by atoms with van der Waals surface area (Å²) in [5.41, 5.74) is 0.387. The molecular formula is C18H17FN2O3S. The number of fused-ring (bicyclic) bond motifs is 1. The Bertz CT molecular complexity index is 1020. The van der Waals surface area contributed by atoms with Crippen LogP contribution in [0.5, 0.6) is 5.75 Å². The Hall–Kier alpha value is -2.67. The van der Waals surface area contributed by atoms with Crippen LogP contribution in [0.4, 0.5) is 10.1 Å². The number of halogens is 1. The second kappa shape index (κ2) is 6.68. The third-order valence-corrected chi connectivity index (χ3v) is 4.86. The number of hydrogen-bond donors (Lipinski definition) is 2. The van der Waals surface area contributed by atoms with Gasteiger partial charge in [0.15, 0.2) is 5.75 Å². The van der Waals surface area contributed by atoms with Crippen molar-refractivity contribution in [2.24, 2.45) is 0 Å². The number of hydrogen-bond acceptors (Lipinski definition) is 4. The number of nitrogens with one attached hydrogen (secondary N) is 1. The van der Waals surface area contributed by atoms with Crippen molar-refractivity contribution in [1.29, 1.82) is 0 Å². The van der Waals surface area contributed by atoms with Crippen LogP contribution in [0.1, 0.15) is 29.3 Å². The van der Waals surface area contributed by atoms with Gasteiger partial charge in [-0.2, -0.15) is 0 Å². The Morgan fingerprint density at radius 3 is 2.80 bits per heavy atom. The second-order valence-electron chi connectivity index (χ2n) is 5.73. The summed E-state index contributed by atoms with van der Waals surface area (Å²) in [7, 11) is 0. The van der Waals surface area contributed by atoms with E-state index in [4.69, 9.17) is 0 Å². The Morgan fingerprint density at radius 1 is 1.36 bits per heavy atom. The van der Waals surface area contributed by atoms with Crippen molar-refractivity contribution < 1.29 is 14.3 Å². The van der Waals surface area contributed by atoms with Crippen molar-refractivity contribution in [2.45, 2.75) is 26.8 Å². The van der Waals surface area contributed by atoms with Crippen molar-refractivity contribution >= 4 is 33.1 Å². The van der Waals surface area contributed by atoms with Gasteiger partial charge in [0.05, 0.1) is 10.2 Å². The number of nitrogens with zero attached hydrogens (tertiary/aromatic N) is 1. The highest BCUT2D eigenvalue weighted by molar-refractivity contribution is 7.17. The van der Waals surface area contributed by atoms with Gasteiger partial charge in [0.2, 0.25) is 0 Å². The molecule has 5 nitrogen and oxygen atoms in total. The zero-order valence-electron chi connectivity index (χ0n) is 13.8. The first kappa shape index (κ1) is 17.2. The number of aryl methyl sites for hydroxylation is 2. The van der Waals surface area contributed by atoms with Crippen LogP contribution in [0.3, 0.4) is 0 Å². The normalized spacial score (nSPS) is 11.0. The maximum Gasteiger partial charge on any atom is 0.267 e. The molecule has 3 rings (SSSR count). The van der Waals surface area contributed by atoms with Gasteiger partial charge in [-0.15, -0.1) is 11.3 Å². The number of amides is 1. The number of rotatable bonds is 4. The smallest absolute Gasteiger partial charge is 0.267 e. The van der Waals surface area contributed by atoms with Crippen LogP contribution < -0.4 is 10.9 Å². The SMILES string of the molecule is CCCn1c(=O)c(C(=O)Nc2ccc(C)c(F)c2)c(O)c2sccc21. The van der Waals surface area contributed by atoms with E-state index in [1.54, 1.807) is 24.4 Å². The number of thiophene rings is 1. The van der Waals surface area contributed by atoms with Crippen molar-refractivity contribution in [1.82, 2.24) is 4.57 Å². The number of carbonyl (C=O) groups is 1. The minimum Gasteiger partial charge on any atom is -0.505 e. The van der Waals surface area contributed by atoms with Gasteiger partial charge in [0.25, 0.3) is 11.5 Å². The lowest BCUT2D eigenvalue weighted by molar-refractivity contribution is 0.102. The molecule has 130 valence electrons. The van der Waals surface area contributed by atoms with E-state index < -0.39 is 17.3 Å². The van der Waals surface area contributed by atoms with Crippen molar-refractivity contribution in [3.8, 4) is 5.75 Å². The number of aromatic hydroxyl groups is 1. The lowest BCUT2D eigenvalue weighted by Gasteiger charge is -2.12. The van der Waals surface area contributed by atoms with E-state index in [9.17, 15) is 19.1 Å². The fourth-order valence-electron chi connectivity index (χ4n) is 2.67. The van der Waals surface area contributed by atoms with Gasteiger partial charge in [-0.05, 0) is 42.5 Å². The molecule has 2 N–H and O–H groups in total. The molecule has 0 atom stereocenters. The summed E-state index contributed by atoms with van der Waals surface area (Å²) in [6, 6.07) is 6.00. The van der Waals surface area contributed by atoms with Crippen LogP contribution in [0, 0.1) is 12.7 Å². The van der Waals surface area contributed by atoms with Gasteiger partial charge < -0.3 is 15.0 Å². The number of aromatic nitrogens is 1. The molecule has 0 aliphatic rings. The average Bonchev–Trinajstić information content (AvgIpc) is 3.05. The Morgan fingerprint density at radius 2 is 2.12 bits per heavy atom. The molecule has 3 aromatic rings. The van der Waals surface area contributed by atoms with Crippen LogP contribution in [-0.2, 0) is 6.54 Å². The number of anilines is 1. The van der Waals surface area contributed by atoms with Gasteiger partial charge in [-0.3, -0.25) is 9.59 Å². The number of benzene rings is 1. The Balaban J connectivity index is 2.09. The molecule has 0 bridgehead atoms. The zero-order chi connectivity index (χ0) is 18.1. The van der Waals surface area contributed by atoms with E-state index >= 15 is 0 Å². The molecule has 0 spiro atoms. The molecule has 25 heavy (non-hydrogen) atoms. The molecule has 0 saturated carbocycles. The van der Waals surface area contributed by atoms with E-state index in [0.717, 1.165) is 0 Å². The summed E-state index contributed by atoms with van der Waals surface area (Å²) in [5.74, 6) is -1.56. The first-order valence-corrected chi connectivity index (χ1v) is 8.72. The lowest BCUT2D eigenvalue weighted by Crippen LogP contribution is -2.29. The summed E-state index contributed by atoms with van der Waals surface area (Å²) >= 11 is 1.26. The highest BCUT2D eigenvalue weighted by atomic mass is 32.1. The summed E-state index contributed by atoms with van der Waals surface area (Å²) < 4.78 is 15.6. The number of carbonyl (C=O) groups excluding carboxylic acids is 1. The summed E-state index contributed by atoms with van der Waals surface area (Å²) in [5, 5.41) is 14.7. The predicted molar refractivity (Wildman–Crippen MR) is 97.1 cm³/mol. The van der Waals surface area contributed by atoms with Crippen LogP contribution in [0.15, 0.2) is 34.4 Å². The highest BCUT2D eigenvalue weighted by Gasteiger charge is 2.23.